The monoisotopic (exact) mass is 358 g/mol. The molecule has 25 heavy (non-hydrogen) atoms. The molecule has 1 aliphatic rings. The molecule has 1 aromatic carbocycles. The molecule has 0 aliphatic carbocycles. The minimum Gasteiger partial charge on any atom is -0.440 e. The highest BCUT2D eigenvalue weighted by Gasteiger charge is 2.28. The van der Waals surface area contributed by atoms with Gasteiger partial charge in [-0.2, -0.15) is 0 Å². The zero-order valence-corrected chi connectivity index (χ0v) is 14.7. The lowest BCUT2D eigenvalue weighted by molar-refractivity contribution is -0.129. The first-order valence-electron chi connectivity index (χ1n) is 8.25. The van der Waals surface area contributed by atoms with E-state index in [1.165, 1.54) is 11.8 Å². The van der Waals surface area contributed by atoms with Crippen LogP contribution in [-0.4, -0.2) is 44.8 Å². The van der Waals surface area contributed by atoms with E-state index in [9.17, 15) is 4.79 Å². The first-order chi connectivity index (χ1) is 12.2. The summed E-state index contributed by atoms with van der Waals surface area (Å²) in [7, 11) is 0. The lowest BCUT2D eigenvalue weighted by Crippen LogP contribution is -2.40. The molecular formula is C17H18N4O3S. The quantitative estimate of drug-likeness (QED) is 0.663. The first kappa shape index (κ1) is 16.1. The molecule has 0 bridgehead atoms. The van der Waals surface area contributed by atoms with Crippen LogP contribution in [-0.2, 0) is 4.79 Å². The van der Waals surface area contributed by atoms with E-state index in [2.05, 4.69) is 15.2 Å². The van der Waals surface area contributed by atoms with E-state index >= 15 is 0 Å². The number of fused-ring (bicyclic) bond motifs is 1. The molecular weight excluding hydrogens is 340 g/mol. The van der Waals surface area contributed by atoms with E-state index in [-0.39, 0.29) is 11.8 Å². The van der Waals surface area contributed by atoms with Crippen molar-refractivity contribution in [2.75, 3.05) is 18.8 Å². The number of nitrogens with zero attached hydrogens (tertiary/aromatic N) is 4. The van der Waals surface area contributed by atoms with E-state index in [0.29, 0.717) is 23.4 Å². The summed E-state index contributed by atoms with van der Waals surface area (Å²) in [6.45, 7) is 3.13. The Morgan fingerprint density at radius 3 is 3.00 bits per heavy atom. The van der Waals surface area contributed by atoms with Crippen LogP contribution in [0.25, 0.3) is 11.1 Å². The number of oxazole rings is 1. The second-order valence-electron chi connectivity index (χ2n) is 6.07. The Labute approximate surface area is 148 Å². The Hall–Kier alpha value is -2.35. The molecule has 2 aromatic heterocycles. The summed E-state index contributed by atoms with van der Waals surface area (Å²) in [4.78, 5) is 18.9. The number of para-hydroxylation sites is 2. The van der Waals surface area contributed by atoms with Crippen molar-refractivity contribution >= 4 is 28.8 Å². The van der Waals surface area contributed by atoms with E-state index in [4.69, 9.17) is 8.83 Å². The fourth-order valence-corrected chi connectivity index (χ4v) is 3.73. The number of rotatable bonds is 4. The fourth-order valence-electron chi connectivity index (χ4n) is 3.02. The van der Waals surface area contributed by atoms with Crippen LogP contribution in [0.3, 0.4) is 0 Å². The number of aryl methyl sites for hydroxylation is 1. The number of carbonyl (C=O) groups is 1. The smallest absolute Gasteiger partial charge is 0.277 e. The van der Waals surface area contributed by atoms with Gasteiger partial charge in [0.1, 0.15) is 5.52 Å². The van der Waals surface area contributed by atoms with Gasteiger partial charge in [-0.25, -0.2) is 4.98 Å². The Kier molecular flexibility index (Phi) is 4.44. The minimum absolute atomic E-state index is 0.0710. The number of amides is 1. The maximum Gasteiger partial charge on any atom is 0.277 e. The number of thioether (sulfide) groups is 1. The van der Waals surface area contributed by atoms with Crippen molar-refractivity contribution in [2.24, 2.45) is 0 Å². The number of hydrogen-bond donors (Lipinski definition) is 0. The average molecular weight is 358 g/mol. The molecule has 1 aliphatic heterocycles. The van der Waals surface area contributed by atoms with Crippen molar-refractivity contribution in [2.45, 2.75) is 30.9 Å². The Balaban J connectivity index is 1.40. The number of piperidine rings is 1. The van der Waals surface area contributed by atoms with Crippen molar-refractivity contribution in [1.29, 1.82) is 0 Å². The molecule has 1 atom stereocenters. The maximum atomic E-state index is 12.5. The van der Waals surface area contributed by atoms with Gasteiger partial charge < -0.3 is 13.7 Å². The van der Waals surface area contributed by atoms with Crippen molar-refractivity contribution in [3.8, 4) is 0 Å². The SMILES string of the molecule is Cc1nnc(SCC(=O)N2CCCC(c3nc4ccccc4o3)C2)o1. The fraction of sp³-hybridized carbons (Fsp3) is 0.412. The van der Waals surface area contributed by atoms with Crippen molar-refractivity contribution in [3.05, 3.63) is 36.0 Å². The predicted molar refractivity (Wildman–Crippen MR) is 92.3 cm³/mol. The lowest BCUT2D eigenvalue weighted by Gasteiger charge is -2.31. The van der Waals surface area contributed by atoms with Crippen molar-refractivity contribution < 1.29 is 13.6 Å². The zero-order valence-electron chi connectivity index (χ0n) is 13.8. The molecule has 7 nitrogen and oxygen atoms in total. The van der Waals surface area contributed by atoms with Crippen LogP contribution in [0.4, 0.5) is 0 Å². The third-order valence-corrected chi connectivity index (χ3v) is 5.06. The molecule has 0 spiro atoms. The highest BCUT2D eigenvalue weighted by molar-refractivity contribution is 7.99. The topological polar surface area (TPSA) is 85.3 Å². The Morgan fingerprint density at radius 1 is 1.32 bits per heavy atom. The minimum atomic E-state index is 0.0710. The molecule has 3 aromatic rings. The summed E-state index contributed by atoms with van der Waals surface area (Å²) >= 11 is 1.27. The van der Waals surface area contributed by atoms with Gasteiger partial charge in [-0.3, -0.25) is 4.79 Å². The standard InChI is InChI=1S/C17H18N4O3S/c1-11-19-20-17(23-11)25-10-15(22)21-8-4-5-12(9-21)16-18-13-6-2-3-7-14(13)24-16/h2-3,6-7,12H,4-5,8-10H2,1H3. The van der Waals surface area contributed by atoms with Crippen molar-refractivity contribution in [3.63, 3.8) is 0 Å². The molecule has 0 radical (unpaired) electrons. The van der Waals surface area contributed by atoms with Gasteiger partial charge >= 0.3 is 0 Å². The number of aromatic nitrogens is 3. The zero-order chi connectivity index (χ0) is 17.2. The summed E-state index contributed by atoms with van der Waals surface area (Å²) in [5.41, 5.74) is 1.66. The van der Waals surface area contributed by atoms with Crippen LogP contribution < -0.4 is 0 Å². The van der Waals surface area contributed by atoms with E-state index < -0.39 is 0 Å². The normalized spacial score (nSPS) is 18.0. The van der Waals surface area contributed by atoms with Gasteiger partial charge in [0.15, 0.2) is 11.5 Å². The predicted octanol–water partition coefficient (Wildman–Crippen LogP) is 3.02. The van der Waals surface area contributed by atoms with Gasteiger partial charge in [0, 0.05) is 20.0 Å². The molecule has 130 valence electrons. The van der Waals surface area contributed by atoms with Gasteiger partial charge in [-0.05, 0) is 25.0 Å². The highest BCUT2D eigenvalue weighted by Crippen LogP contribution is 2.29. The van der Waals surface area contributed by atoms with Gasteiger partial charge in [-0.15, -0.1) is 10.2 Å². The van der Waals surface area contributed by atoms with Crippen LogP contribution in [0.15, 0.2) is 38.3 Å². The van der Waals surface area contributed by atoms with Crippen LogP contribution in [0.5, 0.6) is 0 Å². The van der Waals surface area contributed by atoms with E-state index in [0.717, 1.165) is 36.4 Å². The Morgan fingerprint density at radius 2 is 2.20 bits per heavy atom. The second kappa shape index (κ2) is 6.87. The Bertz CT molecular complexity index is 858. The highest BCUT2D eigenvalue weighted by atomic mass is 32.2. The number of benzene rings is 1. The van der Waals surface area contributed by atoms with Crippen LogP contribution in [0.1, 0.15) is 30.5 Å². The molecule has 0 saturated carbocycles. The second-order valence-corrected chi connectivity index (χ2v) is 7.00. The summed E-state index contributed by atoms with van der Waals surface area (Å²) in [6, 6.07) is 7.74. The number of carbonyl (C=O) groups excluding carboxylic acids is 1. The number of likely N-dealkylation sites (tertiary alicyclic amines) is 1. The van der Waals surface area contributed by atoms with Crippen LogP contribution in [0.2, 0.25) is 0 Å². The molecule has 0 N–H and O–H groups in total. The van der Waals surface area contributed by atoms with Gasteiger partial charge in [0.2, 0.25) is 11.8 Å². The van der Waals surface area contributed by atoms with Crippen LogP contribution >= 0.6 is 11.8 Å². The molecule has 4 rings (SSSR count). The summed E-state index contributed by atoms with van der Waals surface area (Å²) in [5, 5.41) is 8.10. The molecule has 1 fully saturated rings. The van der Waals surface area contributed by atoms with Crippen molar-refractivity contribution in [1.82, 2.24) is 20.1 Å². The number of hydrogen-bond acceptors (Lipinski definition) is 7. The molecule has 8 heteroatoms. The third kappa shape index (κ3) is 3.53. The largest absolute Gasteiger partial charge is 0.440 e. The molecule has 1 saturated heterocycles. The molecule has 1 amide bonds. The van der Waals surface area contributed by atoms with Crippen LogP contribution in [0, 0.1) is 6.92 Å². The lowest BCUT2D eigenvalue weighted by atomic mass is 9.98. The molecule has 1 unspecified atom stereocenters. The molecule has 3 heterocycles. The summed E-state index contributed by atoms with van der Waals surface area (Å²) in [6.07, 6.45) is 1.92. The van der Waals surface area contributed by atoms with Gasteiger partial charge in [0.25, 0.3) is 5.22 Å². The van der Waals surface area contributed by atoms with Gasteiger partial charge in [0.05, 0.1) is 11.7 Å². The van der Waals surface area contributed by atoms with E-state index in [1.807, 2.05) is 29.2 Å². The summed E-state index contributed by atoms with van der Waals surface area (Å²) in [5.74, 6) is 1.73. The first-order valence-corrected chi connectivity index (χ1v) is 9.24. The summed E-state index contributed by atoms with van der Waals surface area (Å²) < 4.78 is 11.2. The third-order valence-electron chi connectivity index (χ3n) is 4.26. The average Bonchev–Trinajstić information content (AvgIpc) is 3.25. The van der Waals surface area contributed by atoms with E-state index in [1.54, 1.807) is 6.92 Å². The maximum absolute atomic E-state index is 12.5. The van der Waals surface area contributed by atoms with Gasteiger partial charge in [-0.1, -0.05) is 23.9 Å².